The van der Waals surface area contributed by atoms with Gasteiger partial charge in [0.1, 0.15) is 0 Å². The van der Waals surface area contributed by atoms with E-state index in [1.54, 1.807) is 12.1 Å². The maximum atomic E-state index is 12.3. The van der Waals surface area contributed by atoms with Gasteiger partial charge in [0.15, 0.2) is 0 Å². The smallest absolute Gasteiger partial charge is 0.255 e. The number of amides is 2. The van der Waals surface area contributed by atoms with Gasteiger partial charge in [0, 0.05) is 22.9 Å². The van der Waals surface area contributed by atoms with E-state index >= 15 is 0 Å². The lowest BCUT2D eigenvalue weighted by Crippen LogP contribution is -2.15. The molecule has 0 bridgehead atoms. The third-order valence-electron chi connectivity index (χ3n) is 3.73. The van der Waals surface area contributed by atoms with Crippen molar-refractivity contribution >= 4 is 23.2 Å². The van der Waals surface area contributed by atoms with Crippen LogP contribution in [0.1, 0.15) is 28.8 Å². The fraction of sp³-hybridized carbons (Fsp3) is 0.222. The van der Waals surface area contributed by atoms with E-state index in [-0.39, 0.29) is 17.7 Å². The van der Waals surface area contributed by atoms with Gasteiger partial charge < -0.3 is 10.6 Å². The van der Waals surface area contributed by atoms with E-state index in [9.17, 15) is 9.59 Å². The maximum Gasteiger partial charge on any atom is 0.255 e. The van der Waals surface area contributed by atoms with Gasteiger partial charge in [-0.3, -0.25) is 9.59 Å². The average Bonchev–Trinajstić information content (AvgIpc) is 3.32. The van der Waals surface area contributed by atoms with Crippen molar-refractivity contribution in [3.8, 4) is 0 Å². The van der Waals surface area contributed by atoms with E-state index in [0.717, 1.165) is 18.4 Å². The second-order valence-electron chi connectivity index (χ2n) is 5.61. The maximum absolute atomic E-state index is 12.3. The molecule has 112 valence electrons. The van der Waals surface area contributed by atoms with Gasteiger partial charge in [0.05, 0.1) is 0 Å². The van der Waals surface area contributed by atoms with Crippen molar-refractivity contribution in [1.29, 1.82) is 0 Å². The summed E-state index contributed by atoms with van der Waals surface area (Å²) in [5.41, 5.74) is 2.95. The first-order chi connectivity index (χ1) is 10.6. The molecule has 0 spiro atoms. The van der Waals surface area contributed by atoms with Crippen molar-refractivity contribution in [3.05, 3.63) is 59.7 Å². The van der Waals surface area contributed by atoms with E-state index in [0.29, 0.717) is 16.9 Å². The van der Waals surface area contributed by atoms with E-state index in [1.165, 1.54) is 0 Å². The number of nitrogens with one attached hydrogen (secondary N) is 2. The minimum Gasteiger partial charge on any atom is -0.326 e. The summed E-state index contributed by atoms with van der Waals surface area (Å²) in [6.45, 7) is 1.90. The van der Waals surface area contributed by atoms with Crippen LogP contribution in [0.3, 0.4) is 0 Å². The second kappa shape index (κ2) is 6.02. The molecule has 0 saturated heterocycles. The predicted molar refractivity (Wildman–Crippen MR) is 86.9 cm³/mol. The van der Waals surface area contributed by atoms with Crippen molar-refractivity contribution in [1.82, 2.24) is 0 Å². The first kappa shape index (κ1) is 14.3. The predicted octanol–water partition coefficient (Wildman–Crippen LogP) is 3.60. The van der Waals surface area contributed by atoms with Crippen LogP contribution in [0, 0.1) is 12.8 Å². The summed E-state index contributed by atoms with van der Waals surface area (Å²) in [4.78, 5) is 24.1. The number of hydrogen-bond donors (Lipinski definition) is 2. The Kier molecular flexibility index (Phi) is 3.92. The van der Waals surface area contributed by atoms with Crippen LogP contribution in [0.4, 0.5) is 11.4 Å². The Bertz CT molecular complexity index is 721. The van der Waals surface area contributed by atoms with Gasteiger partial charge in [0.25, 0.3) is 5.91 Å². The number of hydrogen-bond acceptors (Lipinski definition) is 2. The molecule has 4 heteroatoms. The highest BCUT2D eigenvalue weighted by Crippen LogP contribution is 2.30. The largest absolute Gasteiger partial charge is 0.326 e. The molecule has 22 heavy (non-hydrogen) atoms. The molecule has 1 aliphatic rings. The molecule has 0 aliphatic heterocycles. The molecule has 0 unspecified atom stereocenters. The van der Waals surface area contributed by atoms with E-state index in [4.69, 9.17) is 0 Å². The Morgan fingerprint density at radius 1 is 0.955 bits per heavy atom. The lowest BCUT2D eigenvalue weighted by molar-refractivity contribution is -0.117. The summed E-state index contributed by atoms with van der Waals surface area (Å²) >= 11 is 0. The van der Waals surface area contributed by atoms with Crippen LogP contribution in [0.2, 0.25) is 0 Å². The van der Waals surface area contributed by atoms with Crippen LogP contribution in [-0.4, -0.2) is 11.8 Å². The number of carbonyl (C=O) groups excluding carboxylic acids is 2. The summed E-state index contributed by atoms with van der Waals surface area (Å²) < 4.78 is 0. The van der Waals surface area contributed by atoms with Gasteiger partial charge >= 0.3 is 0 Å². The van der Waals surface area contributed by atoms with Crippen LogP contribution >= 0.6 is 0 Å². The molecule has 1 saturated carbocycles. The third-order valence-corrected chi connectivity index (χ3v) is 3.73. The number of benzene rings is 2. The Morgan fingerprint density at radius 2 is 1.64 bits per heavy atom. The van der Waals surface area contributed by atoms with Gasteiger partial charge in [-0.15, -0.1) is 0 Å². The summed E-state index contributed by atoms with van der Waals surface area (Å²) in [7, 11) is 0. The van der Waals surface area contributed by atoms with Crippen molar-refractivity contribution in [3.63, 3.8) is 0 Å². The minimum atomic E-state index is -0.149. The lowest BCUT2D eigenvalue weighted by atomic mass is 10.1. The highest BCUT2D eigenvalue weighted by atomic mass is 16.2. The fourth-order valence-electron chi connectivity index (χ4n) is 2.29. The van der Waals surface area contributed by atoms with Gasteiger partial charge in [-0.1, -0.05) is 24.3 Å². The van der Waals surface area contributed by atoms with Crippen molar-refractivity contribution in [2.75, 3.05) is 10.6 Å². The Hall–Kier alpha value is -2.62. The Labute approximate surface area is 129 Å². The highest BCUT2D eigenvalue weighted by molar-refractivity contribution is 6.05. The zero-order valence-corrected chi connectivity index (χ0v) is 12.4. The normalized spacial score (nSPS) is 13.5. The standard InChI is InChI=1S/C18H18N2O2/c1-12-5-2-3-8-16(12)18(22)20-15-7-4-6-14(11-15)19-17(21)13-9-10-13/h2-8,11,13H,9-10H2,1H3,(H,19,21)(H,20,22). The van der Waals surface area contributed by atoms with Crippen molar-refractivity contribution in [2.45, 2.75) is 19.8 Å². The van der Waals surface area contributed by atoms with E-state index in [1.807, 2.05) is 43.3 Å². The molecule has 2 amide bonds. The van der Waals surface area contributed by atoms with E-state index < -0.39 is 0 Å². The molecule has 4 nitrogen and oxygen atoms in total. The Morgan fingerprint density at radius 3 is 2.32 bits per heavy atom. The second-order valence-corrected chi connectivity index (χ2v) is 5.61. The fourth-order valence-corrected chi connectivity index (χ4v) is 2.29. The molecule has 3 rings (SSSR count). The molecule has 0 radical (unpaired) electrons. The van der Waals surface area contributed by atoms with Gasteiger partial charge in [-0.05, 0) is 49.6 Å². The summed E-state index contributed by atoms with van der Waals surface area (Å²) in [6, 6.07) is 14.7. The van der Waals surface area contributed by atoms with Crippen LogP contribution in [0.15, 0.2) is 48.5 Å². The van der Waals surface area contributed by atoms with Gasteiger partial charge in [0.2, 0.25) is 5.91 Å². The first-order valence-electron chi connectivity index (χ1n) is 7.41. The SMILES string of the molecule is Cc1ccccc1C(=O)Nc1cccc(NC(=O)C2CC2)c1. The molecule has 0 aromatic heterocycles. The lowest BCUT2D eigenvalue weighted by Gasteiger charge is -2.10. The molecular formula is C18H18N2O2. The molecule has 0 heterocycles. The highest BCUT2D eigenvalue weighted by Gasteiger charge is 2.29. The minimum absolute atomic E-state index is 0.0578. The number of carbonyl (C=O) groups is 2. The molecule has 2 N–H and O–H groups in total. The molecule has 0 atom stereocenters. The molecule has 1 aliphatic carbocycles. The van der Waals surface area contributed by atoms with Crippen LogP contribution in [0.25, 0.3) is 0 Å². The van der Waals surface area contributed by atoms with Crippen molar-refractivity contribution < 1.29 is 9.59 Å². The van der Waals surface area contributed by atoms with Crippen LogP contribution in [-0.2, 0) is 4.79 Å². The van der Waals surface area contributed by atoms with Gasteiger partial charge in [-0.2, -0.15) is 0 Å². The number of aryl methyl sites for hydroxylation is 1. The Balaban J connectivity index is 1.71. The molecule has 2 aromatic carbocycles. The zero-order valence-electron chi connectivity index (χ0n) is 12.4. The van der Waals surface area contributed by atoms with Crippen molar-refractivity contribution in [2.24, 2.45) is 5.92 Å². The third kappa shape index (κ3) is 3.34. The van der Waals surface area contributed by atoms with Crippen LogP contribution < -0.4 is 10.6 Å². The molecule has 1 fully saturated rings. The molecular weight excluding hydrogens is 276 g/mol. The summed E-state index contributed by atoms with van der Waals surface area (Å²) in [5.74, 6) is 0.0661. The zero-order chi connectivity index (χ0) is 15.5. The topological polar surface area (TPSA) is 58.2 Å². The molecule has 2 aromatic rings. The monoisotopic (exact) mass is 294 g/mol. The summed E-state index contributed by atoms with van der Waals surface area (Å²) in [5, 5.41) is 5.75. The first-order valence-corrected chi connectivity index (χ1v) is 7.41. The number of rotatable bonds is 4. The quantitative estimate of drug-likeness (QED) is 0.905. The van der Waals surface area contributed by atoms with Crippen LogP contribution in [0.5, 0.6) is 0 Å². The average molecular weight is 294 g/mol. The summed E-state index contributed by atoms with van der Waals surface area (Å²) in [6.07, 6.45) is 1.94. The number of anilines is 2. The van der Waals surface area contributed by atoms with E-state index in [2.05, 4.69) is 10.6 Å². The van der Waals surface area contributed by atoms with Gasteiger partial charge in [-0.25, -0.2) is 0 Å².